The highest BCUT2D eigenvalue weighted by molar-refractivity contribution is 5.89. The Hall–Kier alpha value is -2.82. The highest BCUT2D eigenvalue weighted by Gasteiger charge is 2.05. The minimum atomic E-state index is -0.372. The summed E-state index contributed by atoms with van der Waals surface area (Å²) in [7, 11) is 1.35. The molecular weight excluding hydrogens is 304 g/mol. The molecule has 2 rings (SSSR count). The van der Waals surface area contributed by atoms with Gasteiger partial charge in [-0.1, -0.05) is 36.4 Å². The summed E-state index contributed by atoms with van der Waals surface area (Å²) in [5.74, 6) is -0.372. The van der Waals surface area contributed by atoms with Crippen molar-refractivity contribution < 1.29 is 14.3 Å². The van der Waals surface area contributed by atoms with Gasteiger partial charge in [-0.2, -0.15) is 0 Å². The number of urea groups is 1. The van der Waals surface area contributed by atoms with E-state index in [2.05, 4.69) is 34.4 Å². The number of carbonyl (C=O) groups excluding carboxylic acids is 2. The van der Waals surface area contributed by atoms with Crippen molar-refractivity contribution in [2.45, 2.75) is 19.9 Å². The van der Waals surface area contributed by atoms with Gasteiger partial charge in [0.15, 0.2) is 0 Å². The number of rotatable bonds is 6. The summed E-state index contributed by atoms with van der Waals surface area (Å²) in [6.07, 6.45) is 0.800. The Bertz CT molecular complexity index is 696. The first-order valence-electron chi connectivity index (χ1n) is 7.83. The Balaban J connectivity index is 1.73. The first-order valence-corrected chi connectivity index (χ1v) is 7.83. The van der Waals surface area contributed by atoms with E-state index >= 15 is 0 Å². The molecule has 0 unspecified atom stereocenters. The average Bonchev–Trinajstić information content (AvgIpc) is 2.61. The van der Waals surface area contributed by atoms with E-state index in [9.17, 15) is 9.59 Å². The number of esters is 1. The lowest BCUT2D eigenvalue weighted by Crippen LogP contribution is -2.36. The molecule has 24 heavy (non-hydrogen) atoms. The van der Waals surface area contributed by atoms with Gasteiger partial charge in [0, 0.05) is 13.1 Å². The maximum Gasteiger partial charge on any atom is 0.337 e. The van der Waals surface area contributed by atoms with Crippen molar-refractivity contribution in [3.05, 3.63) is 70.8 Å². The summed E-state index contributed by atoms with van der Waals surface area (Å²) >= 11 is 0. The highest BCUT2D eigenvalue weighted by atomic mass is 16.5. The van der Waals surface area contributed by atoms with E-state index in [0.717, 1.165) is 12.0 Å². The second kappa shape index (κ2) is 8.72. The molecule has 2 aromatic rings. The van der Waals surface area contributed by atoms with Crippen LogP contribution in [0.3, 0.4) is 0 Å². The van der Waals surface area contributed by atoms with E-state index in [1.807, 2.05) is 12.1 Å². The van der Waals surface area contributed by atoms with Gasteiger partial charge in [0.1, 0.15) is 0 Å². The molecule has 2 amide bonds. The van der Waals surface area contributed by atoms with Crippen LogP contribution in [0.2, 0.25) is 0 Å². The normalized spacial score (nSPS) is 10.1. The Labute approximate surface area is 142 Å². The molecule has 5 nitrogen and oxygen atoms in total. The van der Waals surface area contributed by atoms with E-state index in [4.69, 9.17) is 0 Å². The van der Waals surface area contributed by atoms with Gasteiger partial charge >= 0.3 is 12.0 Å². The van der Waals surface area contributed by atoms with Gasteiger partial charge in [-0.05, 0) is 42.2 Å². The summed E-state index contributed by atoms with van der Waals surface area (Å²) in [4.78, 5) is 23.2. The van der Waals surface area contributed by atoms with Crippen LogP contribution in [0.1, 0.15) is 27.0 Å². The second-order valence-electron chi connectivity index (χ2n) is 5.47. The van der Waals surface area contributed by atoms with E-state index in [1.54, 1.807) is 24.3 Å². The molecule has 0 bridgehead atoms. The van der Waals surface area contributed by atoms with Crippen molar-refractivity contribution in [3.8, 4) is 0 Å². The topological polar surface area (TPSA) is 67.4 Å². The fourth-order valence-corrected chi connectivity index (χ4v) is 2.32. The van der Waals surface area contributed by atoms with Crippen LogP contribution in [0.15, 0.2) is 48.5 Å². The standard InChI is InChI=1S/C19H22N2O3/c1-14-5-3-4-6-16(14)11-12-20-19(23)21-13-15-7-9-17(10-8-15)18(22)24-2/h3-10H,11-13H2,1-2H3,(H2,20,21,23). The van der Waals surface area contributed by atoms with Crippen LogP contribution in [-0.2, 0) is 17.7 Å². The van der Waals surface area contributed by atoms with Gasteiger partial charge in [-0.25, -0.2) is 9.59 Å². The molecule has 0 radical (unpaired) electrons. The largest absolute Gasteiger partial charge is 0.465 e. The van der Waals surface area contributed by atoms with Crippen LogP contribution in [0.5, 0.6) is 0 Å². The number of carbonyl (C=O) groups is 2. The predicted molar refractivity (Wildman–Crippen MR) is 92.9 cm³/mol. The molecule has 0 aliphatic rings. The molecule has 0 aliphatic heterocycles. The zero-order chi connectivity index (χ0) is 17.4. The van der Waals surface area contributed by atoms with Gasteiger partial charge in [-0.15, -0.1) is 0 Å². The lowest BCUT2D eigenvalue weighted by Gasteiger charge is -2.09. The molecule has 2 aromatic carbocycles. The molecule has 0 aromatic heterocycles. The molecule has 126 valence electrons. The zero-order valence-corrected chi connectivity index (χ0v) is 14.0. The number of methoxy groups -OCH3 is 1. The Morgan fingerprint density at radius 1 is 1.00 bits per heavy atom. The van der Waals surface area contributed by atoms with Gasteiger partial charge in [0.05, 0.1) is 12.7 Å². The van der Waals surface area contributed by atoms with Crippen molar-refractivity contribution in [1.29, 1.82) is 0 Å². The van der Waals surface area contributed by atoms with Crippen LogP contribution in [0.25, 0.3) is 0 Å². The molecule has 0 heterocycles. The van der Waals surface area contributed by atoms with Crippen LogP contribution < -0.4 is 10.6 Å². The van der Waals surface area contributed by atoms with Crippen LogP contribution in [-0.4, -0.2) is 25.7 Å². The minimum absolute atomic E-state index is 0.208. The van der Waals surface area contributed by atoms with Crippen molar-refractivity contribution >= 4 is 12.0 Å². The summed E-state index contributed by atoms with van der Waals surface area (Å²) in [6.45, 7) is 3.04. The van der Waals surface area contributed by atoms with Gasteiger partial charge in [0.25, 0.3) is 0 Å². The fourth-order valence-electron chi connectivity index (χ4n) is 2.32. The van der Waals surface area contributed by atoms with Crippen molar-refractivity contribution in [2.75, 3.05) is 13.7 Å². The molecule has 0 saturated heterocycles. The minimum Gasteiger partial charge on any atom is -0.465 e. The second-order valence-corrected chi connectivity index (χ2v) is 5.47. The third-order valence-corrected chi connectivity index (χ3v) is 3.77. The van der Waals surface area contributed by atoms with E-state index in [0.29, 0.717) is 18.7 Å². The predicted octanol–water partition coefficient (Wildman–Crippen LogP) is 2.82. The smallest absolute Gasteiger partial charge is 0.337 e. The monoisotopic (exact) mass is 326 g/mol. The first-order chi connectivity index (χ1) is 11.6. The molecule has 5 heteroatoms. The van der Waals surface area contributed by atoms with Crippen LogP contribution in [0, 0.1) is 6.92 Å². The van der Waals surface area contributed by atoms with E-state index < -0.39 is 0 Å². The Morgan fingerprint density at radius 3 is 2.38 bits per heavy atom. The van der Waals surface area contributed by atoms with E-state index in [-0.39, 0.29) is 12.0 Å². The summed E-state index contributed by atoms with van der Waals surface area (Å²) < 4.78 is 4.64. The third kappa shape index (κ3) is 5.12. The number of aryl methyl sites for hydroxylation is 1. The maximum absolute atomic E-state index is 11.8. The molecule has 0 fully saturated rings. The molecule has 0 atom stereocenters. The average molecular weight is 326 g/mol. The van der Waals surface area contributed by atoms with Gasteiger partial charge in [-0.3, -0.25) is 0 Å². The molecule has 2 N–H and O–H groups in total. The number of hydrogen-bond acceptors (Lipinski definition) is 3. The maximum atomic E-state index is 11.8. The molecular formula is C19H22N2O3. The van der Waals surface area contributed by atoms with Gasteiger partial charge < -0.3 is 15.4 Å². The van der Waals surface area contributed by atoms with Crippen molar-refractivity contribution in [2.24, 2.45) is 0 Å². The fraction of sp³-hybridized carbons (Fsp3) is 0.263. The SMILES string of the molecule is COC(=O)c1ccc(CNC(=O)NCCc2ccccc2C)cc1. The summed E-state index contributed by atoms with van der Waals surface area (Å²) in [6, 6.07) is 14.9. The Morgan fingerprint density at radius 2 is 1.71 bits per heavy atom. The molecule has 0 aliphatic carbocycles. The van der Waals surface area contributed by atoms with Crippen molar-refractivity contribution in [3.63, 3.8) is 0 Å². The number of nitrogens with one attached hydrogen (secondary N) is 2. The van der Waals surface area contributed by atoms with Gasteiger partial charge in [0.2, 0.25) is 0 Å². The number of ether oxygens (including phenoxy) is 1. The Kier molecular flexibility index (Phi) is 6.37. The van der Waals surface area contributed by atoms with E-state index in [1.165, 1.54) is 18.2 Å². The number of amides is 2. The van der Waals surface area contributed by atoms with Crippen LogP contribution in [0.4, 0.5) is 4.79 Å². The van der Waals surface area contributed by atoms with Crippen molar-refractivity contribution in [1.82, 2.24) is 10.6 Å². The molecule has 0 saturated carbocycles. The number of hydrogen-bond donors (Lipinski definition) is 2. The summed E-state index contributed by atoms with van der Waals surface area (Å²) in [5.41, 5.74) is 3.86. The summed E-state index contributed by atoms with van der Waals surface area (Å²) in [5, 5.41) is 5.64. The quantitative estimate of drug-likeness (QED) is 0.802. The highest BCUT2D eigenvalue weighted by Crippen LogP contribution is 2.07. The lowest BCUT2D eigenvalue weighted by atomic mass is 10.1. The third-order valence-electron chi connectivity index (χ3n) is 3.77. The first kappa shape index (κ1) is 17.5. The lowest BCUT2D eigenvalue weighted by molar-refractivity contribution is 0.0600. The number of benzene rings is 2. The zero-order valence-electron chi connectivity index (χ0n) is 14.0. The van der Waals surface area contributed by atoms with Crippen LogP contribution >= 0.6 is 0 Å². The molecule has 0 spiro atoms.